The van der Waals surface area contributed by atoms with E-state index in [0.29, 0.717) is 0 Å². The third kappa shape index (κ3) is 3.58. The molecule has 14 heavy (non-hydrogen) atoms. The van der Waals surface area contributed by atoms with Crippen molar-refractivity contribution in [2.75, 3.05) is 26.7 Å². The number of hydrogen-bond acceptors (Lipinski definition) is 2. The van der Waals surface area contributed by atoms with Gasteiger partial charge in [0.05, 0.1) is 0 Å². The molecule has 1 N–H and O–H groups in total. The van der Waals surface area contributed by atoms with Gasteiger partial charge >= 0.3 is 0 Å². The molecule has 1 saturated carbocycles. The highest BCUT2D eigenvalue weighted by atomic mass is 15.1. The Morgan fingerprint density at radius 2 is 2.07 bits per heavy atom. The molecule has 0 amide bonds. The van der Waals surface area contributed by atoms with E-state index >= 15 is 0 Å². The number of hydrogen-bond donors (Lipinski definition) is 1. The van der Waals surface area contributed by atoms with Crippen LogP contribution < -0.4 is 5.32 Å². The maximum atomic E-state index is 3.62. The molecular formula is C12H26N2. The summed E-state index contributed by atoms with van der Waals surface area (Å²) >= 11 is 0. The second kappa shape index (κ2) is 6.41. The van der Waals surface area contributed by atoms with E-state index in [1.54, 1.807) is 0 Å². The molecule has 0 heterocycles. The Hall–Kier alpha value is -0.0800. The molecule has 1 fully saturated rings. The lowest BCUT2D eigenvalue weighted by Gasteiger charge is -2.25. The maximum absolute atomic E-state index is 3.62. The van der Waals surface area contributed by atoms with E-state index in [1.165, 1.54) is 38.8 Å². The molecule has 0 aromatic heterocycles. The summed E-state index contributed by atoms with van der Waals surface area (Å²) in [6.45, 7) is 8.12. The zero-order chi connectivity index (χ0) is 10.4. The van der Waals surface area contributed by atoms with Crippen LogP contribution in [-0.4, -0.2) is 37.6 Å². The van der Waals surface area contributed by atoms with Crippen LogP contribution in [0.5, 0.6) is 0 Å². The van der Waals surface area contributed by atoms with Crippen molar-refractivity contribution in [3.05, 3.63) is 0 Å². The van der Waals surface area contributed by atoms with Gasteiger partial charge in [-0.25, -0.2) is 0 Å². The van der Waals surface area contributed by atoms with Gasteiger partial charge in [0.2, 0.25) is 0 Å². The van der Waals surface area contributed by atoms with Crippen LogP contribution in [0.25, 0.3) is 0 Å². The van der Waals surface area contributed by atoms with Crippen molar-refractivity contribution in [3.63, 3.8) is 0 Å². The zero-order valence-electron chi connectivity index (χ0n) is 10.1. The minimum atomic E-state index is 0.791. The molecular weight excluding hydrogens is 172 g/mol. The average Bonchev–Trinajstić information content (AvgIpc) is 2.54. The van der Waals surface area contributed by atoms with Crippen molar-refractivity contribution in [3.8, 4) is 0 Å². The maximum Gasteiger partial charge on any atom is 0.0107 e. The lowest BCUT2D eigenvalue weighted by Crippen LogP contribution is -2.38. The van der Waals surface area contributed by atoms with E-state index in [-0.39, 0.29) is 0 Å². The minimum absolute atomic E-state index is 0.791. The van der Waals surface area contributed by atoms with Crippen molar-refractivity contribution in [1.82, 2.24) is 10.2 Å². The molecule has 1 rings (SSSR count). The third-order valence-corrected chi connectivity index (χ3v) is 3.28. The SMILES string of the molecule is CCCN(C)CC1CCCC1NCC. The molecule has 2 heteroatoms. The smallest absolute Gasteiger partial charge is 0.0107 e. The summed E-state index contributed by atoms with van der Waals surface area (Å²) in [5, 5.41) is 3.62. The van der Waals surface area contributed by atoms with Gasteiger partial charge in [-0.2, -0.15) is 0 Å². The summed E-state index contributed by atoms with van der Waals surface area (Å²) in [6, 6.07) is 0.791. The Labute approximate surface area is 89.1 Å². The van der Waals surface area contributed by atoms with Crippen molar-refractivity contribution < 1.29 is 0 Å². The fraction of sp³-hybridized carbons (Fsp3) is 1.00. The predicted molar refractivity (Wildman–Crippen MR) is 62.6 cm³/mol. The van der Waals surface area contributed by atoms with Gasteiger partial charge in [-0.3, -0.25) is 0 Å². The molecule has 0 aromatic carbocycles. The first kappa shape index (κ1) is 12.0. The molecule has 0 saturated heterocycles. The van der Waals surface area contributed by atoms with Crippen molar-refractivity contribution in [2.24, 2.45) is 5.92 Å². The highest BCUT2D eigenvalue weighted by Crippen LogP contribution is 2.26. The minimum Gasteiger partial charge on any atom is -0.314 e. The Balaban J connectivity index is 2.27. The number of nitrogens with zero attached hydrogens (tertiary/aromatic N) is 1. The highest BCUT2D eigenvalue weighted by Gasteiger charge is 2.26. The van der Waals surface area contributed by atoms with E-state index < -0.39 is 0 Å². The predicted octanol–water partition coefficient (Wildman–Crippen LogP) is 2.11. The van der Waals surface area contributed by atoms with Crippen LogP contribution in [-0.2, 0) is 0 Å². The van der Waals surface area contributed by atoms with E-state index in [9.17, 15) is 0 Å². The lowest BCUT2D eigenvalue weighted by atomic mass is 10.0. The van der Waals surface area contributed by atoms with E-state index in [4.69, 9.17) is 0 Å². The molecule has 1 aliphatic carbocycles. The summed E-state index contributed by atoms with van der Waals surface area (Å²) in [5.74, 6) is 0.895. The fourth-order valence-electron chi connectivity index (χ4n) is 2.66. The summed E-state index contributed by atoms with van der Waals surface area (Å²) < 4.78 is 0. The molecule has 0 aliphatic heterocycles. The molecule has 84 valence electrons. The Bertz CT molecular complexity index is 147. The van der Waals surface area contributed by atoms with Gasteiger partial charge in [-0.15, -0.1) is 0 Å². The monoisotopic (exact) mass is 198 g/mol. The van der Waals surface area contributed by atoms with Crippen LogP contribution in [0.4, 0.5) is 0 Å². The molecule has 2 unspecified atom stereocenters. The Morgan fingerprint density at radius 1 is 1.29 bits per heavy atom. The highest BCUT2D eigenvalue weighted by molar-refractivity contribution is 4.84. The fourth-order valence-corrected chi connectivity index (χ4v) is 2.66. The van der Waals surface area contributed by atoms with Gasteiger partial charge < -0.3 is 10.2 Å². The molecule has 0 aromatic rings. The van der Waals surface area contributed by atoms with Crippen molar-refractivity contribution >= 4 is 0 Å². The Morgan fingerprint density at radius 3 is 2.71 bits per heavy atom. The standard InChI is InChI=1S/C12H26N2/c1-4-9-14(3)10-11-7-6-8-12(11)13-5-2/h11-13H,4-10H2,1-3H3. The first-order valence-corrected chi connectivity index (χ1v) is 6.19. The van der Waals surface area contributed by atoms with E-state index in [0.717, 1.165) is 18.5 Å². The summed E-state index contributed by atoms with van der Waals surface area (Å²) in [6.07, 6.45) is 5.50. The van der Waals surface area contributed by atoms with E-state index in [1.807, 2.05) is 0 Å². The second-order valence-electron chi connectivity index (χ2n) is 4.62. The van der Waals surface area contributed by atoms with Crippen LogP contribution in [0, 0.1) is 5.92 Å². The quantitative estimate of drug-likeness (QED) is 0.703. The van der Waals surface area contributed by atoms with Crippen LogP contribution >= 0.6 is 0 Å². The van der Waals surface area contributed by atoms with Gasteiger partial charge in [0.15, 0.2) is 0 Å². The molecule has 1 aliphatic rings. The van der Waals surface area contributed by atoms with Crippen LogP contribution in [0.2, 0.25) is 0 Å². The van der Waals surface area contributed by atoms with Crippen LogP contribution in [0.15, 0.2) is 0 Å². The Kier molecular flexibility index (Phi) is 5.49. The molecule has 2 nitrogen and oxygen atoms in total. The van der Waals surface area contributed by atoms with Gasteiger partial charge in [0.25, 0.3) is 0 Å². The molecule has 2 atom stereocenters. The van der Waals surface area contributed by atoms with Gasteiger partial charge in [0, 0.05) is 12.6 Å². The topological polar surface area (TPSA) is 15.3 Å². The third-order valence-electron chi connectivity index (χ3n) is 3.28. The van der Waals surface area contributed by atoms with Crippen LogP contribution in [0.3, 0.4) is 0 Å². The number of nitrogens with one attached hydrogen (secondary N) is 1. The normalized spacial score (nSPS) is 27.4. The average molecular weight is 198 g/mol. The van der Waals surface area contributed by atoms with Crippen molar-refractivity contribution in [2.45, 2.75) is 45.6 Å². The molecule has 0 bridgehead atoms. The zero-order valence-corrected chi connectivity index (χ0v) is 10.1. The lowest BCUT2D eigenvalue weighted by molar-refractivity contribution is 0.252. The van der Waals surface area contributed by atoms with E-state index in [2.05, 4.69) is 31.1 Å². The largest absolute Gasteiger partial charge is 0.314 e. The second-order valence-corrected chi connectivity index (χ2v) is 4.62. The van der Waals surface area contributed by atoms with Gasteiger partial charge in [0.1, 0.15) is 0 Å². The summed E-state index contributed by atoms with van der Waals surface area (Å²) in [7, 11) is 2.25. The molecule has 0 radical (unpaired) electrons. The van der Waals surface area contributed by atoms with Crippen LogP contribution in [0.1, 0.15) is 39.5 Å². The van der Waals surface area contributed by atoms with Gasteiger partial charge in [-0.1, -0.05) is 20.3 Å². The van der Waals surface area contributed by atoms with Gasteiger partial charge in [-0.05, 0) is 45.3 Å². The summed E-state index contributed by atoms with van der Waals surface area (Å²) in [4.78, 5) is 2.49. The first-order valence-electron chi connectivity index (χ1n) is 6.19. The molecule has 0 spiro atoms. The van der Waals surface area contributed by atoms with Crippen molar-refractivity contribution in [1.29, 1.82) is 0 Å². The first-order chi connectivity index (χ1) is 6.77. The summed E-state index contributed by atoms with van der Waals surface area (Å²) in [5.41, 5.74) is 0. The number of rotatable bonds is 6.